The minimum absolute atomic E-state index is 0.102. The topological polar surface area (TPSA) is 80.1 Å². The maximum atomic E-state index is 13.7. The number of nitrogens with zero attached hydrogens (tertiary/aromatic N) is 4. The van der Waals surface area contributed by atoms with Gasteiger partial charge in [0, 0.05) is 24.3 Å². The fourth-order valence-electron chi connectivity index (χ4n) is 3.44. The summed E-state index contributed by atoms with van der Waals surface area (Å²) in [5, 5.41) is 9.18. The number of likely N-dealkylation sites (tertiary alicyclic amines) is 1. The number of alkyl halides is 3. The fourth-order valence-corrected chi connectivity index (χ4v) is 3.44. The number of hydrogen-bond acceptors (Lipinski definition) is 4. The van der Waals surface area contributed by atoms with Crippen LogP contribution in [0.15, 0.2) is 48.5 Å². The molecule has 2 aromatic carbocycles. The molecule has 1 N–H and O–H groups in total. The van der Waals surface area contributed by atoms with Crippen molar-refractivity contribution in [1.82, 2.24) is 19.9 Å². The second-order valence-electron chi connectivity index (χ2n) is 7.20. The normalized spacial score (nSPS) is 13.9. The van der Waals surface area contributed by atoms with Gasteiger partial charge in [-0.1, -0.05) is 5.21 Å². The Hall–Kier alpha value is -3.76. The van der Waals surface area contributed by atoms with Crippen LogP contribution in [0.3, 0.4) is 0 Å². The van der Waals surface area contributed by atoms with E-state index in [1.165, 1.54) is 24.3 Å². The Kier molecular flexibility index (Phi) is 5.64. The van der Waals surface area contributed by atoms with Gasteiger partial charge in [-0.25, -0.2) is 9.07 Å². The Bertz CT molecular complexity index is 1130. The van der Waals surface area contributed by atoms with Gasteiger partial charge in [0.1, 0.15) is 5.82 Å². The van der Waals surface area contributed by atoms with Crippen LogP contribution < -0.4 is 5.32 Å². The predicted octanol–water partition coefficient (Wildman–Crippen LogP) is 3.91. The molecule has 32 heavy (non-hydrogen) atoms. The lowest BCUT2D eigenvalue weighted by molar-refractivity contribution is -0.143. The van der Waals surface area contributed by atoms with Crippen LogP contribution in [0.4, 0.5) is 23.2 Å². The summed E-state index contributed by atoms with van der Waals surface area (Å²) < 4.78 is 54.7. The minimum atomic E-state index is -4.95. The number of benzene rings is 2. The lowest BCUT2D eigenvalue weighted by atomic mass is 10.1. The van der Waals surface area contributed by atoms with E-state index in [1.807, 2.05) is 0 Å². The van der Waals surface area contributed by atoms with Crippen LogP contribution in [0.1, 0.15) is 39.4 Å². The molecule has 0 unspecified atom stereocenters. The van der Waals surface area contributed by atoms with Gasteiger partial charge in [0.25, 0.3) is 11.8 Å². The van der Waals surface area contributed by atoms with Gasteiger partial charge in [0.05, 0.1) is 5.69 Å². The van der Waals surface area contributed by atoms with E-state index in [0.29, 0.717) is 23.3 Å². The van der Waals surface area contributed by atoms with Gasteiger partial charge >= 0.3 is 6.18 Å². The first-order valence-corrected chi connectivity index (χ1v) is 9.73. The molecule has 1 fully saturated rings. The first-order valence-electron chi connectivity index (χ1n) is 9.73. The van der Waals surface area contributed by atoms with Crippen molar-refractivity contribution in [2.75, 3.05) is 18.4 Å². The molecule has 3 aromatic rings. The monoisotopic (exact) mass is 447 g/mol. The number of hydrogen-bond donors (Lipinski definition) is 1. The third kappa shape index (κ3) is 4.32. The zero-order valence-electron chi connectivity index (χ0n) is 16.6. The van der Waals surface area contributed by atoms with E-state index in [9.17, 15) is 27.2 Å². The lowest BCUT2D eigenvalue weighted by Crippen LogP contribution is -2.27. The van der Waals surface area contributed by atoms with E-state index >= 15 is 0 Å². The molecule has 2 heterocycles. The van der Waals surface area contributed by atoms with E-state index in [-0.39, 0.29) is 17.3 Å². The highest BCUT2D eigenvalue weighted by atomic mass is 19.4. The van der Waals surface area contributed by atoms with Crippen LogP contribution in [0.25, 0.3) is 5.69 Å². The summed E-state index contributed by atoms with van der Waals surface area (Å²) >= 11 is 0. The number of nitrogens with one attached hydrogen (secondary N) is 1. The van der Waals surface area contributed by atoms with E-state index in [4.69, 9.17) is 0 Å². The first-order chi connectivity index (χ1) is 15.2. The Morgan fingerprint density at radius 1 is 0.938 bits per heavy atom. The Labute approximate surface area is 179 Å². The molecule has 0 spiro atoms. The van der Waals surface area contributed by atoms with Crippen molar-refractivity contribution < 1.29 is 27.2 Å². The van der Waals surface area contributed by atoms with Crippen LogP contribution in [-0.4, -0.2) is 44.8 Å². The summed E-state index contributed by atoms with van der Waals surface area (Å²) in [6.45, 7) is 1.36. The molecule has 1 saturated heterocycles. The highest BCUT2D eigenvalue weighted by Gasteiger charge is 2.42. The molecule has 166 valence electrons. The van der Waals surface area contributed by atoms with Crippen molar-refractivity contribution in [3.8, 4) is 5.69 Å². The van der Waals surface area contributed by atoms with Crippen molar-refractivity contribution in [3.05, 3.63) is 71.3 Å². The van der Waals surface area contributed by atoms with Gasteiger partial charge in [0.2, 0.25) is 0 Å². The SMILES string of the molecule is O=C(Nc1ccc(C(=O)N2CCCC2)cc1)c1nnn(-c2ccc(F)cc2)c1C(F)(F)F. The molecule has 0 saturated carbocycles. The number of carbonyl (C=O) groups excluding carboxylic acids is 2. The molecule has 0 atom stereocenters. The summed E-state index contributed by atoms with van der Waals surface area (Å²) in [5.41, 5.74) is -1.81. The van der Waals surface area contributed by atoms with Crippen molar-refractivity contribution >= 4 is 17.5 Å². The molecule has 1 aliphatic rings. The minimum Gasteiger partial charge on any atom is -0.339 e. The average Bonchev–Trinajstić information content (AvgIpc) is 3.44. The van der Waals surface area contributed by atoms with Crippen LogP contribution in [-0.2, 0) is 6.18 Å². The smallest absolute Gasteiger partial charge is 0.339 e. The second-order valence-corrected chi connectivity index (χ2v) is 7.20. The summed E-state index contributed by atoms with van der Waals surface area (Å²) in [6, 6.07) is 9.99. The van der Waals surface area contributed by atoms with E-state index < -0.39 is 29.3 Å². The average molecular weight is 447 g/mol. The summed E-state index contributed by atoms with van der Waals surface area (Å²) in [5.74, 6) is -1.89. The summed E-state index contributed by atoms with van der Waals surface area (Å²) in [6.07, 6.45) is -3.06. The second kappa shape index (κ2) is 8.40. The van der Waals surface area contributed by atoms with Gasteiger partial charge in [-0.15, -0.1) is 5.10 Å². The van der Waals surface area contributed by atoms with E-state index in [0.717, 1.165) is 37.1 Å². The molecular weight excluding hydrogens is 430 g/mol. The third-order valence-electron chi connectivity index (χ3n) is 5.01. The molecule has 0 radical (unpaired) electrons. The fraction of sp³-hybridized carbons (Fsp3) is 0.238. The zero-order chi connectivity index (χ0) is 22.9. The summed E-state index contributed by atoms with van der Waals surface area (Å²) in [7, 11) is 0. The molecule has 0 aliphatic carbocycles. The van der Waals surface area contributed by atoms with Crippen LogP contribution in [0.5, 0.6) is 0 Å². The van der Waals surface area contributed by atoms with Crippen LogP contribution in [0, 0.1) is 5.82 Å². The zero-order valence-corrected chi connectivity index (χ0v) is 16.6. The Morgan fingerprint density at radius 2 is 1.56 bits per heavy atom. The van der Waals surface area contributed by atoms with Crippen molar-refractivity contribution in [2.24, 2.45) is 0 Å². The quantitative estimate of drug-likeness (QED) is 0.615. The predicted molar refractivity (Wildman–Crippen MR) is 106 cm³/mol. The van der Waals surface area contributed by atoms with Gasteiger partial charge < -0.3 is 10.2 Å². The Morgan fingerprint density at radius 3 is 2.16 bits per heavy atom. The molecule has 1 aromatic heterocycles. The van der Waals surface area contributed by atoms with Gasteiger partial charge in [-0.3, -0.25) is 9.59 Å². The number of rotatable bonds is 4. The number of carbonyl (C=O) groups is 2. The number of amides is 2. The molecule has 7 nitrogen and oxygen atoms in total. The first kappa shape index (κ1) is 21.5. The standard InChI is InChI=1S/C21H17F4N5O2/c22-14-5-9-16(10-6-14)30-18(21(23,24)25)17(27-28-30)19(31)26-15-7-3-13(4-8-15)20(32)29-11-1-2-12-29/h3-10H,1-2,11-12H2,(H,26,31). The van der Waals surface area contributed by atoms with Gasteiger partial charge in [-0.2, -0.15) is 13.2 Å². The van der Waals surface area contributed by atoms with Crippen molar-refractivity contribution in [2.45, 2.75) is 19.0 Å². The van der Waals surface area contributed by atoms with Gasteiger partial charge in [0.15, 0.2) is 11.4 Å². The number of anilines is 1. The van der Waals surface area contributed by atoms with Gasteiger partial charge in [-0.05, 0) is 61.4 Å². The van der Waals surface area contributed by atoms with E-state index in [1.54, 1.807) is 4.90 Å². The molecule has 4 rings (SSSR count). The molecule has 2 amide bonds. The van der Waals surface area contributed by atoms with Crippen LogP contribution >= 0.6 is 0 Å². The molecule has 1 aliphatic heterocycles. The lowest BCUT2D eigenvalue weighted by Gasteiger charge is -2.15. The maximum Gasteiger partial charge on any atom is 0.435 e. The van der Waals surface area contributed by atoms with Crippen molar-refractivity contribution in [3.63, 3.8) is 0 Å². The maximum absolute atomic E-state index is 13.7. The Balaban J connectivity index is 1.57. The third-order valence-corrected chi connectivity index (χ3v) is 5.01. The molecule has 11 heteroatoms. The summed E-state index contributed by atoms with van der Waals surface area (Å²) in [4.78, 5) is 26.6. The number of halogens is 4. The van der Waals surface area contributed by atoms with Crippen molar-refractivity contribution in [1.29, 1.82) is 0 Å². The molecule has 0 bridgehead atoms. The van der Waals surface area contributed by atoms with Crippen LogP contribution in [0.2, 0.25) is 0 Å². The highest BCUT2D eigenvalue weighted by Crippen LogP contribution is 2.33. The van der Waals surface area contributed by atoms with E-state index in [2.05, 4.69) is 15.6 Å². The molecular formula is C21H17F4N5O2. The highest BCUT2D eigenvalue weighted by molar-refractivity contribution is 6.04. The number of aromatic nitrogens is 3. The largest absolute Gasteiger partial charge is 0.435 e.